The molecule has 6 heteroatoms. The van der Waals surface area contributed by atoms with Gasteiger partial charge < -0.3 is 25.2 Å². The van der Waals surface area contributed by atoms with Crippen molar-refractivity contribution >= 4 is 5.97 Å². The maximum Gasteiger partial charge on any atom is 0.303 e. The summed E-state index contributed by atoms with van der Waals surface area (Å²) in [7, 11) is 0. The lowest BCUT2D eigenvalue weighted by atomic mass is 10.0. The molecule has 1 saturated heterocycles. The highest BCUT2D eigenvalue weighted by molar-refractivity contribution is 5.66. The third-order valence-electron chi connectivity index (χ3n) is 4.55. The summed E-state index contributed by atoms with van der Waals surface area (Å²) in [5.74, 6) is -0.890. The first-order valence-corrected chi connectivity index (χ1v) is 9.68. The van der Waals surface area contributed by atoms with Gasteiger partial charge in [0.05, 0.1) is 24.4 Å². The molecule has 0 bridgehead atoms. The molecule has 0 aliphatic carbocycles. The lowest BCUT2D eigenvalue weighted by Crippen LogP contribution is -2.26. The fourth-order valence-corrected chi connectivity index (χ4v) is 2.97. The normalized spacial score (nSPS) is 25.9. The summed E-state index contributed by atoms with van der Waals surface area (Å²) < 4.78 is 5.65. The number of carbonyl (C=O) groups is 1. The number of hydrogen-bond acceptors (Lipinski definition) is 5. The zero-order chi connectivity index (χ0) is 19.4. The monoisotopic (exact) mass is 370 g/mol. The number of carboxylic acids is 1. The van der Waals surface area contributed by atoms with E-state index in [-0.39, 0.29) is 6.42 Å². The van der Waals surface area contributed by atoms with E-state index in [2.05, 4.69) is 13.0 Å². The Labute approximate surface area is 156 Å². The van der Waals surface area contributed by atoms with Gasteiger partial charge in [-0.25, -0.2) is 0 Å². The van der Waals surface area contributed by atoms with Crippen LogP contribution >= 0.6 is 0 Å². The number of rotatable bonds is 13. The van der Waals surface area contributed by atoms with Crippen molar-refractivity contribution in [1.82, 2.24) is 0 Å². The first-order valence-electron chi connectivity index (χ1n) is 9.68. The lowest BCUT2D eigenvalue weighted by molar-refractivity contribution is -0.137. The molecule has 0 saturated carbocycles. The summed E-state index contributed by atoms with van der Waals surface area (Å²) in [4.78, 5) is 10.5. The van der Waals surface area contributed by atoms with Crippen LogP contribution in [0.5, 0.6) is 0 Å². The van der Waals surface area contributed by atoms with E-state index in [1.165, 1.54) is 12.8 Å². The van der Waals surface area contributed by atoms with Crippen LogP contribution < -0.4 is 0 Å². The third kappa shape index (κ3) is 9.48. The molecule has 150 valence electrons. The molecule has 1 aliphatic rings. The number of aliphatic hydroxyl groups is 3. The highest BCUT2D eigenvalue weighted by Gasteiger charge is 2.36. The zero-order valence-electron chi connectivity index (χ0n) is 15.7. The van der Waals surface area contributed by atoms with E-state index >= 15 is 0 Å². The van der Waals surface area contributed by atoms with E-state index in [1.807, 2.05) is 6.08 Å². The molecule has 5 atom stereocenters. The van der Waals surface area contributed by atoms with Crippen LogP contribution in [0.15, 0.2) is 24.3 Å². The number of aliphatic hydroxyl groups excluding tert-OH is 3. The van der Waals surface area contributed by atoms with Crippen LogP contribution in [-0.2, 0) is 9.53 Å². The molecular formula is C20H34O6. The van der Waals surface area contributed by atoms with Crippen LogP contribution in [0, 0.1) is 0 Å². The van der Waals surface area contributed by atoms with Crippen LogP contribution in [0.2, 0.25) is 0 Å². The minimum Gasteiger partial charge on any atom is -0.481 e. The molecule has 0 spiro atoms. The van der Waals surface area contributed by atoms with E-state index in [0.29, 0.717) is 25.7 Å². The van der Waals surface area contributed by atoms with Gasteiger partial charge in [-0.15, -0.1) is 0 Å². The smallest absolute Gasteiger partial charge is 0.303 e. The van der Waals surface area contributed by atoms with Gasteiger partial charge in [0.2, 0.25) is 0 Å². The van der Waals surface area contributed by atoms with Crippen molar-refractivity contribution in [3.63, 3.8) is 0 Å². The highest BCUT2D eigenvalue weighted by atomic mass is 16.5. The van der Waals surface area contributed by atoms with E-state index in [4.69, 9.17) is 9.84 Å². The van der Waals surface area contributed by atoms with Crippen LogP contribution in [-0.4, -0.2) is 56.9 Å². The third-order valence-corrected chi connectivity index (χ3v) is 4.55. The first kappa shape index (κ1) is 22.8. The molecule has 0 aromatic rings. The van der Waals surface area contributed by atoms with Gasteiger partial charge in [0.15, 0.2) is 0 Å². The van der Waals surface area contributed by atoms with Crippen molar-refractivity contribution in [3.8, 4) is 0 Å². The van der Waals surface area contributed by atoms with Crippen LogP contribution in [0.1, 0.15) is 64.7 Å². The van der Waals surface area contributed by atoms with Crippen molar-refractivity contribution in [2.24, 2.45) is 0 Å². The average Bonchev–Trinajstić information content (AvgIpc) is 2.96. The van der Waals surface area contributed by atoms with Crippen molar-refractivity contribution in [1.29, 1.82) is 0 Å². The number of unbranched alkanes of at least 4 members (excludes halogenated alkanes) is 3. The second-order valence-corrected chi connectivity index (χ2v) is 6.95. The Morgan fingerprint density at radius 3 is 2.69 bits per heavy atom. The van der Waals surface area contributed by atoms with Crippen molar-refractivity contribution < 1.29 is 30.0 Å². The quantitative estimate of drug-likeness (QED) is 0.293. The molecule has 1 fully saturated rings. The van der Waals surface area contributed by atoms with Gasteiger partial charge in [0.25, 0.3) is 0 Å². The van der Waals surface area contributed by atoms with Crippen LogP contribution in [0.3, 0.4) is 0 Å². The molecule has 0 aromatic carbocycles. The van der Waals surface area contributed by atoms with Gasteiger partial charge in [-0.2, -0.15) is 0 Å². The fraction of sp³-hybridized carbons (Fsp3) is 0.750. The maximum absolute atomic E-state index is 10.5. The Morgan fingerprint density at radius 1 is 1.23 bits per heavy atom. The minimum absolute atomic E-state index is 0.00776. The van der Waals surface area contributed by atoms with E-state index in [1.54, 1.807) is 12.2 Å². The Morgan fingerprint density at radius 2 is 2.00 bits per heavy atom. The van der Waals surface area contributed by atoms with E-state index in [0.717, 1.165) is 12.8 Å². The Kier molecular flexibility index (Phi) is 11.4. The number of hydrogen-bond donors (Lipinski definition) is 4. The minimum atomic E-state index is -0.890. The summed E-state index contributed by atoms with van der Waals surface area (Å²) in [5.41, 5.74) is 0. The second kappa shape index (κ2) is 13.0. The Hall–Kier alpha value is -1.21. The predicted molar refractivity (Wildman–Crippen MR) is 99.8 cm³/mol. The Bertz CT molecular complexity index is 448. The summed E-state index contributed by atoms with van der Waals surface area (Å²) in [5, 5.41) is 38.7. The molecule has 6 nitrogen and oxygen atoms in total. The summed E-state index contributed by atoms with van der Waals surface area (Å²) >= 11 is 0. The summed E-state index contributed by atoms with van der Waals surface area (Å²) in [6.45, 7) is 2.16. The van der Waals surface area contributed by atoms with Crippen molar-refractivity contribution in [2.45, 2.75) is 95.2 Å². The van der Waals surface area contributed by atoms with Crippen molar-refractivity contribution in [2.75, 3.05) is 0 Å². The van der Waals surface area contributed by atoms with Gasteiger partial charge in [-0.05, 0) is 32.1 Å². The van der Waals surface area contributed by atoms with Gasteiger partial charge >= 0.3 is 5.97 Å². The molecule has 1 heterocycles. The molecule has 26 heavy (non-hydrogen) atoms. The second-order valence-electron chi connectivity index (χ2n) is 6.95. The standard InChI is InChI=1S/C20H34O6/c1-2-3-4-5-6-7-9-15(21)12-13-18-17(23)14-19(26-18)16(22)10-8-11-20(24)25/h6-7,12-13,15-19,21-23H,2-5,8-11,14H2,1H3,(H,24,25)/b7-6-,13-12+/t15-,16+,17-,18-,19-/m0/s1. The van der Waals surface area contributed by atoms with Crippen LogP contribution in [0.4, 0.5) is 0 Å². The summed E-state index contributed by atoms with van der Waals surface area (Å²) in [6, 6.07) is 0. The van der Waals surface area contributed by atoms with Gasteiger partial charge in [0, 0.05) is 12.8 Å². The van der Waals surface area contributed by atoms with Gasteiger partial charge in [-0.1, -0.05) is 44.1 Å². The van der Waals surface area contributed by atoms with Gasteiger partial charge in [0.1, 0.15) is 6.10 Å². The molecular weight excluding hydrogens is 336 g/mol. The highest BCUT2D eigenvalue weighted by Crippen LogP contribution is 2.26. The molecule has 0 unspecified atom stereocenters. The molecule has 0 aromatic heterocycles. The van der Waals surface area contributed by atoms with E-state index < -0.39 is 36.5 Å². The van der Waals surface area contributed by atoms with Crippen LogP contribution in [0.25, 0.3) is 0 Å². The molecule has 0 radical (unpaired) electrons. The molecule has 4 N–H and O–H groups in total. The van der Waals surface area contributed by atoms with E-state index in [9.17, 15) is 20.1 Å². The predicted octanol–water partition coefficient (Wildman–Crippen LogP) is 2.56. The zero-order valence-corrected chi connectivity index (χ0v) is 15.7. The number of ether oxygens (including phenoxy) is 1. The average molecular weight is 370 g/mol. The molecule has 1 aliphatic heterocycles. The maximum atomic E-state index is 10.5. The SMILES string of the molecule is CCCCC/C=C\C[C@H](O)/C=C/[C@@H]1O[C@H]([C@H](O)CCCC(=O)O)C[C@@H]1O. The first-order chi connectivity index (χ1) is 12.4. The van der Waals surface area contributed by atoms with Gasteiger partial charge in [-0.3, -0.25) is 4.79 Å². The number of carboxylic acid groups (broad SMARTS) is 1. The lowest BCUT2D eigenvalue weighted by Gasteiger charge is -2.17. The topological polar surface area (TPSA) is 107 Å². The number of aliphatic carboxylic acids is 1. The molecule has 0 amide bonds. The summed E-state index contributed by atoms with van der Waals surface area (Å²) in [6.07, 6.45) is 10.2. The Balaban J connectivity index is 2.31. The van der Waals surface area contributed by atoms with Crippen molar-refractivity contribution in [3.05, 3.63) is 24.3 Å². The fourth-order valence-electron chi connectivity index (χ4n) is 2.97. The molecule has 1 rings (SSSR count). The largest absolute Gasteiger partial charge is 0.481 e. The number of allylic oxidation sites excluding steroid dienone is 1.